The van der Waals surface area contributed by atoms with Crippen molar-refractivity contribution < 1.29 is 9.59 Å². The highest BCUT2D eigenvalue weighted by Gasteiger charge is 2.25. The van der Waals surface area contributed by atoms with Crippen LogP contribution in [0.1, 0.15) is 23.7 Å². The van der Waals surface area contributed by atoms with E-state index in [0.29, 0.717) is 10.8 Å². The van der Waals surface area contributed by atoms with Crippen LogP contribution in [-0.2, 0) is 29.0 Å². The number of amides is 2. The fourth-order valence-corrected chi connectivity index (χ4v) is 3.56. The fraction of sp³-hybridized carbons (Fsp3) is 0.353. The van der Waals surface area contributed by atoms with E-state index in [-0.39, 0.29) is 18.4 Å². The molecule has 1 aliphatic rings. The zero-order valence-corrected chi connectivity index (χ0v) is 14.3. The van der Waals surface area contributed by atoms with Gasteiger partial charge in [-0.15, -0.1) is 11.3 Å². The highest BCUT2D eigenvalue weighted by Crippen LogP contribution is 2.21. The molecule has 6 nitrogen and oxygen atoms in total. The molecule has 0 spiro atoms. The van der Waals surface area contributed by atoms with Crippen molar-refractivity contribution in [3.05, 3.63) is 46.5 Å². The molecule has 1 aliphatic heterocycles. The molecular weight excluding hydrogens is 324 g/mol. The molecule has 126 valence electrons. The Hall–Kier alpha value is -2.25. The molecule has 2 aromatic rings. The van der Waals surface area contributed by atoms with Crippen LogP contribution in [0, 0.1) is 0 Å². The lowest BCUT2D eigenvalue weighted by molar-refractivity contribution is -0.121. The number of carbonyl (C=O) groups excluding carboxylic acids is 2. The van der Waals surface area contributed by atoms with E-state index in [1.54, 1.807) is 5.38 Å². The van der Waals surface area contributed by atoms with Gasteiger partial charge >= 0.3 is 0 Å². The van der Waals surface area contributed by atoms with Crippen LogP contribution >= 0.6 is 11.3 Å². The van der Waals surface area contributed by atoms with Crippen molar-refractivity contribution in [3.63, 3.8) is 0 Å². The SMILES string of the molecule is C[C@H](C(=O)Nc1nc(CC(N)=O)cs1)N1CCc2ccccc2C1. The lowest BCUT2D eigenvalue weighted by Gasteiger charge is -2.32. The van der Waals surface area contributed by atoms with Gasteiger partial charge in [-0.1, -0.05) is 24.3 Å². The van der Waals surface area contributed by atoms with Crippen LogP contribution < -0.4 is 11.1 Å². The van der Waals surface area contributed by atoms with Gasteiger partial charge in [-0.05, 0) is 24.5 Å². The van der Waals surface area contributed by atoms with Gasteiger partial charge in [0.05, 0.1) is 18.2 Å². The largest absolute Gasteiger partial charge is 0.369 e. The number of nitrogens with two attached hydrogens (primary N) is 1. The Morgan fingerprint density at radius 1 is 1.38 bits per heavy atom. The van der Waals surface area contributed by atoms with Gasteiger partial charge in [-0.3, -0.25) is 14.5 Å². The Morgan fingerprint density at radius 2 is 2.12 bits per heavy atom. The maximum absolute atomic E-state index is 12.5. The van der Waals surface area contributed by atoms with Crippen molar-refractivity contribution in [3.8, 4) is 0 Å². The fourth-order valence-electron chi connectivity index (χ4n) is 2.85. The summed E-state index contributed by atoms with van der Waals surface area (Å²) in [5, 5.41) is 5.07. The minimum atomic E-state index is -0.432. The Labute approximate surface area is 144 Å². The first-order chi connectivity index (χ1) is 11.5. The maximum Gasteiger partial charge on any atom is 0.243 e. The predicted molar refractivity (Wildman–Crippen MR) is 93.7 cm³/mol. The summed E-state index contributed by atoms with van der Waals surface area (Å²) in [6.07, 6.45) is 1.04. The molecule has 2 amide bonds. The molecule has 0 unspecified atom stereocenters. The first kappa shape index (κ1) is 16.6. The number of nitrogens with one attached hydrogen (secondary N) is 1. The number of hydrogen-bond acceptors (Lipinski definition) is 5. The number of fused-ring (bicyclic) bond motifs is 1. The molecule has 0 aliphatic carbocycles. The molecule has 2 heterocycles. The van der Waals surface area contributed by atoms with Gasteiger partial charge in [0.25, 0.3) is 0 Å². The number of aromatic nitrogens is 1. The predicted octanol–water partition coefficient (Wildman–Crippen LogP) is 1.56. The third-order valence-electron chi connectivity index (χ3n) is 4.22. The standard InChI is InChI=1S/C17H20N4O2S/c1-11(21-7-6-12-4-2-3-5-13(12)9-21)16(23)20-17-19-14(10-24-17)8-15(18)22/h2-5,10-11H,6-9H2,1H3,(H2,18,22)(H,19,20,23)/t11-/m1/s1. The highest BCUT2D eigenvalue weighted by atomic mass is 32.1. The van der Waals surface area contributed by atoms with Gasteiger partial charge in [-0.25, -0.2) is 4.98 Å². The van der Waals surface area contributed by atoms with E-state index < -0.39 is 5.91 Å². The second-order valence-corrected chi connectivity index (χ2v) is 6.80. The highest BCUT2D eigenvalue weighted by molar-refractivity contribution is 7.13. The van der Waals surface area contributed by atoms with E-state index in [1.165, 1.54) is 22.5 Å². The van der Waals surface area contributed by atoms with Crippen molar-refractivity contribution in [2.75, 3.05) is 11.9 Å². The average Bonchev–Trinajstić information content (AvgIpc) is 2.99. The van der Waals surface area contributed by atoms with Crippen molar-refractivity contribution >= 4 is 28.3 Å². The third-order valence-corrected chi connectivity index (χ3v) is 5.03. The van der Waals surface area contributed by atoms with Gasteiger partial charge in [0.2, 0.25) is 11.8 Å². The number of nitrogens with zero attached hydrogens (tertiary/aromatic N) is 2. The topological polar surface area (TPSA) is 88.3 Å². The zero-order chi connectivity index (χ0) is 17.1. The number of anilines is 1. The van der Waals surface area contributed by atoms with E-state index in [2.05, 4.69) is 33.4 Å². The molecule has 0 bridgehead atoms. The Morgan fingerprint density at radius 3 is 2.88 bits per heavy atom. The maximum atomic E-state index is 12.5. The third kappa shape index (κ3) is 3.80. The molecule has 24 heavy (non-hydrogen) atoms. The molecule has 0 saturated carbocycles. The Balaban J connectivity index is 1.61. The molecule has 7 heteroatoms. The first-order valence-corrected chi connectivity index (χ1v) is 8.75. The molecule has 1 aromatic heterocycles. The molecule has 1 atom stereocenters. The molecule has 0 radical (unpaired) electrons. The molecular formula is C17H20N4O2S. The number of benzene rings is 1. The van der Waals surface area contributed by atoms with Gasteiger partial charge < -0.3 is 11.1 Å². The van der Waals surface area contributed by atoms with Crippen LogP contribution in [0.2, 0.25) is 0 Å². The number of thiazole rings is 1. The molecule has 3 rings (SSSR count). The summed E-state index contributed by atoms with van der Waals surface area (Å²) < 4.78 is 0. The number of primary amides is 1. The van der Waals surface area contributed by atoms with Crippen LogP contribution in [0.4, 0.5) is 5.13 Å². The minimum absolute atomic E-state index is 0.0881. The Kier molecular flexibility index (Phi) is 4.92. The summed E-state index contributed by atoms with van der Waals surface area (Å²) in [7, 11) is 0. The van der Waals surface area contributed by atoms with Crippen molar-refractivity contribution in [1.29, 1.82) is 0 Å². The molecule has 1 aromatic carbocycles. The van der Waals surface area contributed by atoms with E-state index in [0.717, 1.165) is 19.5 Å². The summed E-state index contributed by atoms with van der Waals surface area (Å²) >= 11 is 1.30. The van der Waals surface area contributed by atoms with Gasteiger partial charge in [0.1, 0.15) is 0 Å². The van der Waals surface area contributed by atoms with Crippen LogP contribution in [-0.4, -0.2) is 34.3 Å². The smallest absolute Gasteiger partial charge is 0.243 e. The quantitative estimate of drug-likeness (QED) is 0.861. The molecule has 0 fully saturated rings. The van der Waals surface area contributed by atoms with Crippen LogP contribution in [0.3, 0.4) is 0 Å². The lowest BCUT2D eigenvalue weighted by Crippen LogP contribution is -2.44. The lowest BCUT2D eigenvalue weighted by atomic mass is 9.99. The van der Waals surface area contributed by atoms with Crippen molar-refractivity contribution in [2.24, 2.45) is 5.73 Å². The van der Waals surface area contributed by atoms with E-state index in [9.17, 15) is 9.59 Å². The summed E-state index contributed by atoms with van der Waals surface area (Å²) in [6.45, 7) is 3.53. The zero-order valence-electron chi connectivity index (χ0n) is 13.5. The van der Waals surface area contributed by atoms with Crippen molar-refractivity contribution in [2.45, 2.75) is 32.4 Å². The van der Waals surface area contributed by atoms with Crippen LogP contribution in [0.25, 0.3) is 0 Å². The number of carbonyl (C=O) groups is 2. The Bertz CT molecular complexity index is 759. The molecule has 3 N–H and O–H groups in total. The summed E-state index contributed by atoms with van der Waals surface area (Å²) in [5.41, 5.74) is 8.37. The van der Waals surface area contributed by atoms with Crippen molar-refractivity contribution in [1.82, 2.24) is 9.88 Å². The van der Waals surface area contributed by atoms with E-state index in [4.69, 9.17) is 5.73 Å². The second kappa shape index (κ2) is 7.11. The van der Waals surface area contributed by atoms with E-state index in [1.807, 2.05) is 13.0 Å². The van der Waals surface area contributed by atoms with Gasteiger partial charge in [0.15, 0.2) is 5.13 Å². The van der Waals surface area contributed by atoms with Crippen LogP contribution in [0.15, 0.2) is 29.6 Å². The van der Waals surface area contributed by atoms with Gasteiger partial charge in [0, 0.05) is 18.5 Å². The van der Waals surface area contributed by atoms with E-state index >= 15 is 0 Å². The average molecular weight is 344 g/mol. The summed E-state index contributed by atoms with van der Waals surface area (Å²) in [6, 6.07) is 8.09. The van der Waals surface area contributed by atoms with Crippen LogP contribution in [0.5, 0.6) is 0 Å². The minimum Gasteiger partial charge on any atom is -0.369 e. The second-order valence-electron chi connectivity index (χ2n) is 5.94. The molecule has 0 saturated heterocycles. The van der Waals surface area contributed by atoms with Gasteiger partial charge in [-0.2, -0.15) is 0 Å². The summed E-state index contributed by atoms with van der Waals surface area (Å²) in [5.74, 6) is -0.520. The number of hydrogen-bond donors (Lipinski definition) is 2. The normalized spacial score (nSPS) is 15.5. The summed E-state index contributed by atoms with van der Waals surface area (Å²) in [4.78, 5) is 29.8. The monoisotopic (exact) mass is 344 g/mol. The first-order valence-electron chi connectivity index (χ1n) is 7.87. The number of rotatable bonds is 5.